The Morgan fingerprint density at radius 1 is 0.944 bits per heavy atom. The monoisotopic (exact) mass is 281 g/mol. The van der Waals surface area contributed by atoms with E-state index in [1.54, 1.807) is 0 Å². The molecule has 0 bridgehead atoms. The molecule has 18 heavy (non-hydrogen) atoms. The van der Waals surface area contributed by atoms with Gasteiger partial charge in [0.15, 0.2) is 0 Å². The third-order valence-corrected chi connectivity index (χ3v) is 1.74. The smallest absolute Gasteiger partial charge is 0.636 e. The number of rotatable bonds is 6. The molecule has 0 N–H and O–H groups in total. The Morgan fingerprint density at radius 3 is 1.61 bits per heavy atom. The normalized spacial score (nSPS) is 7.67. The molecule has 0 unspecified atom stereocenters. The van der Waals surface area contributed by atoms with Crippen molar-refractivity contribution in [2.75, 3.05) is 13.1 Å². The van der Waals surface area contributed by atoms with Gasteiger partial charge in [0.25, 0.3) is 0 Å². The second kappa shape index (κ2) is 15.0. The van der Waals surface area contributed by atoms with E-state index < -0.39 is 0 Å². The van der Waals surface area contributed by atoms with Gasteiger partial charge >= 0.3 is 51.4 Å². The van der Waals surface area contributed by atoms with E-state index in [2.05, 4.69) is 0 Å². The molecule has 0 saturated heterocycles. The minimum atomic E-state index is -0.362. The Kier molecular flexibility index (Phi) is 22.0. The minimum Gasteiger partial charge on any atom is -0.636 e. The van der Waals surface area contributed by atoms with Crippen LogP contribution >= 0.6 is 0 Å². The summed E-state index contributed by atoms with van der Waals surface area (Å²) in [6, 6.07) is 0. The van der Waals surface area contributed by atoms with Gasteiger partial charge in [0, 0.05) is 20.4 Å². The molecule has 0 atom stereocenters. The van der Waals surface area contributed by atoms with Gasteiger partial charge < -0.3 is 29.3 Å². The summed E-state index contributed by atoms with van der Waals surface area (Å²) in [5, 5.41) is 0. The number of imide groups is 2. The fourth-order valence-corrected chi connectivity index (χ4v) is 1.03. The largest absolute Gasteiger partial charge is 1.00 e. The number of amides is 4. The maximum Gasteiger partial charge on any atom is 1.00 e. The van der Waals surface area contributed by atoms with Gasteiger partial charge in [-0.25, -0.2) is 0 Å². The van der Waals surface area contributed by atoms with E-state index in [1.165, 1.54) is 26.7 Å². The summed E-state index contributed by atoms with van der Waals surface area (Å²) in [7, 11) is 0. The van der Waals surface area contributed by atoms with E-state index in [1.807, 2.05) is 0 Å². The molecule has 4 amide bonds. The predicted octanol–water partition coefficient (Wildman–Crippen LogP) is -2.89. The van der Waals surface area contributed by atoms with E-state index in [4.69, 9.17) is 0 Å². The first kappa shape index (κ1) is 26.5. The van der Waals surface area contributed by atoms with Gasteiger partial charge in [-0.15, -0.1) is 0 Å². The average Bonchev–Trinajstić information content (AvgIpc) is 2.17. The maximum absolute atomic E-state index is 10.9. The third-order valence-electron chi connectivity index (χ3n) is 1.74. The van der Waals surface area contributed by atoms with Crippen LogP contribution in [0.1, 0.15) is 20.3 Å². The van der Waals surface area contributed by atoms with Crippen LogP contribution in [-0.2, 0) is 19.2 Å². The quantitative estimate of drug-likeness (QED) is 0.298. The van der Waals surface area contributed by atoms with Crippen LogP contribution in [0, 0.1) is 14.9 Å². The molecule has 100 valence electrons. The number of carbonyl (C=O) groups is 2. The molecule has 0 radical (unpaired) electrons. The Balaban J connectivity index is -0.000000327. The van der Waals surface area contributed by atoms with Gasteiger partial charge in [-0.2, -0.15) is 12.8 Å². The summed E-state index contributed by atoms with van der Waals surface area (Å²) < 4.78 is 0. The minimum absolute atomic E-state index is 0. The molecule has 0 aromatic carbocycles. The SMILES string of the molecule is CC(=O)N(CCCN([C-]=O)[C-]=O)C(C)=O.[CH3-].[CH3-].[K+]. The molecule has 0 aliphatic heterocycles. The summed E-state index contributed by atoms with van der Waals surface area (Å²) >= 11 is 0. The summed E-state index contributed by atoms with van der Waals surface area (Å²) in [6.07, 6.45) is 3.03. The van der Waals surface area contributed by atoms with Crippen LogP contribution in [0.25, 0.3) is 0 Å². The van der Waals surface area contributed by atoms with Crippen molar-refractivity contribution < 1.29 is 70.6 Å². The Morgan fingerprint density at radius 2 is 1.33 bits per heavy atom. The molecule has 6 nitrogen and oxygen atoms in total. The van der Waals surface area contributed by atoms with Crippen molar-refractivity contribution in [3.63, 3.8) is 0 Å². The van der Waals surface area contributed by atoms with Crippen molar-refractivity contribution in [3.05, 3.63) is 14.9 Å². The summed E-state index contributed by atoms with van der Waals surface area (Å²) in [6.45, 7) is 2.81. The van der Waals surface area contributed by atoms with Crippen molar-refractivity contribution in [2.24, 2.45) is 0 Å². The fraction of sp³-hybridized carbons (Fsp3) is 0.455. The first-order valence-electron chi connectivity index (χ1n) is 4.34. The number of carbonyl (C=O) groups excluding carboxylic acids is 4. The standard InChI is InChI=1S/C9H12N2O4.2CH3.K/c1-8(14)11(9(2)15)5-3-4-10(6-12)7-13;;;/h3-5H2,1-2H3;2*1H3;/q-2;2*-1;+1. The number of nitrogens with zero attached hydrogens (tertiary/aromatic N) is 2. The van der Waals surface area contributed by atoms with E-state index in [0.717, 1.165) is 4.90 Å². The zero-order chi connectivity index (χ0) is 11.8. The van der Waals surface area contributed by atoms with Crippen LogP contribution in [-0.4, -0.2) is 47.5 Å². The van der Waals surface area contributed by atoms with Crippen LogP contribution < -0.4 is 51.4 Å². The Hall–Kier alpha value is -0.0836. The van der Waals surface area contributed by atoms with Crippen molar-refractivity contribution >= 4 is 24.6 Å². The van der Waals surface area contributed by atoms with Crippen LogP contribution in [0.4, 0.5) is 0 Å². The van der Waals surface area contributed by atoms with Gasteiger partial charge in [-0.3, -0.25) is 14.5 Å². The first-order valence-corrected chi connectivity index (χ1v) is 4.34. The van der Waals surface area contributed by atoms with Crippen LogP contribution in [0.15, 0.2) is 0 Å². The predicted molar refractivity (Wildman–Crippen MR) is 63.6 cm³/mol. The average molecular weight is 281 g/mol. The Labute approximate surface area is 151 Å². The van der Waals surface area contributed by atoms with E-state index in [0.29, 0.717) is 11.3 Å². The van der Waals surface area contributed by atoms with E-state index >= 15 is 0 Å². The summed E-state index contributed by atoms with van der Waals surface area (Å²) in [5.74, 6) is -0.724. The van der Waals surface area contributed by atoms with Gasteiger partial charge in [-0.1, -0.05) is 0 Å². The van der Waals surface area contributed by atoms with Gasteiger partial charge in [0.2, 0.25) is 11.8 Å². The van der Waals surface area contributed by atoms with Crippen LogP contribution in [0.2, 0.25) is 0 Å². The molecule has 0 saturated carbocycles. The third kappa shape index (κ3) is 11.0. The second-order valence-electron chi connectivity index (χ2n) is 2.88. The van der Waals surface area contributed by atoms with Gasteiger partial charge in [0.05, 0.1) is 0 Å². The van der Waals surface area contributed by atoms with E-state index in [-0.39, 0.29) is 91.1 Å². The van der Waals surface area contributed by atoms with Crippen LogP contribution in [0.3, 0.4) is 0 Å². The number of hydrogen-bond donors (Lipinski definition) is 0. The van der Waals surface area contributed by atoms with Crippen molar-refractivity contribution in [3.8, 4) is 0 Å². The molecule has 0 rings (SSSR count). The topological polar surface area (TPSA) is 74.8 Å². The van der Waals surface area contributed by atoms with Crippen LogP contribution in [0.5, 0.6) is 0 Å². The van der Waals surface area contributed by atoms with Gasteiger partial charge in [0.1, 0.15) is 0 Å². The van der Waals surface area contributed by atoms with Crippen molar-refractivity contribution in [1.82, 2.24) is 9.80 Å². The molecule has 0 fully saturated rings. The molecular formula is C11H18KN2O4-3. The maximum atomic E-state index is 10.9. The zero-order valence-corrected chi connectivity index (χ0v) is 14.8. The Bertz CT molecular complexity index is 250. The molecule has 0 heterocycles. The molecule has 0 spiro atoms. The van der Waals surface area contributed by atoms with Gasteiger partial charge in [-0.05, 0) is 13.0 Å². The summed E-state index contributed by atoms with van der Waals surface area (Å²) in [5.41, 5.74) is 0. The second-order valence-corrected chi connectivity index (χ2v) is 2.88. The molecule has 0 aliphatic rings. The van der Waals surface area contributed by atoms with Crippen molar-refractivity contribution in [1.29, 1.82) is 0 Å². The molecular weight excluding hydrogens is 263 g/mol. The first-order chi connectivity index (χ1) is 7.02. The summed E-state index contributed by atoms with van der Waals surface area (Å²) in [4.78, 5) is 43.7. The molecule has 7 heteroatoms. The van der Waals surface area contributed by atoms with E-state index in [9.17, 15) is 19.2 Å². The van der Waals surface area contributed by atoms with Crippen molar-refractivity contribution in [2.45, 2.75) is 20.3 Å². The fourth-order valence-electron chi connectivity index (χ4n) is 1.03. The molecule has 0 aliphatic carbocycles. The molecule has 0 aromatic rings. The molecule has 0 aromatic heterocycles. The number of hydrogen-bond acceptors (Lipinski definition) is 4. The zero-order valence-electron chi connectivity index (χ0n) is 11.6.